The fourth-order valence-corrected chi connectivity index (χ4v) is 2.99. The van der Waals surface area contributed by atoms with Crippen molar-refractivity contribution >= 4 is 23.2 Å². The van der Waals surface area contributed by atoms with Crippen molar-refractivity contribution in [3.05, 3.63) is 69.3 Å². The highest BCUT2D eigenvalue weighted by Crippen LogP contribution is 2.38. The molecule has 0 aliphatic heterocycles. The van der Waals surface area contributed by atoms with E-state index >= 15 is 0 Å². The average molecular weight is 436 g/mol. The van der Waals surface area contributed by atoms with Gasteiger partial charge >= 0.3 is 5.69 Å². The van der Waals surface area contributed by atoms with Gasteiger partial charge in [-0.1, -0.05) is 35.5 Å². The fourth-order valence-electron chi connectivity index (χ4n) is 2.99. The van der Waals surface area contributed by atoms with Crippen molar-refractivity contribution in [1.29, 1.82) is 5.26 Å². The first-order valence-corrected chi connectivity index (χ1v) is 9.01. The van der Waals surface area contributed by atoms with Gasteiger partial charge in [-0.15, -0.1) is 0 Å². The Balaban J connectivity index is 2.03. The quantitative estimate of drug-likeness (QED) is 0.135. The number of amides is 1. The molecule has 0 bridgehead atoms. The molecule has 0 saturated carbocycles. The number of anilines is 1. The normalized spacial score (nSPS) is 11.4. The molecule has 1 amide bonds. The Bertz CT molecular complexity index is 1290. The van der Waals surface area contributed by atoms with Crippen molar-refractivity contribution in [2.24, 2.45) is 0 Å². The number of aliphatic hydroxyl groups excluding tert-OH is 1. The Labute approximate surface area is 180 Å². The summed E-state index contributed by atoms with van der Waals surface area (Å²) in [7, 11) is 1.30. The number of carbonyl (C=O) groups is 1. The first kappa shape index (κ1) is 21.8. The summed E-state index contributed by atoms with van der Waals surface area (Å²) in [6.07, 6.45) is 0. The number of hydrogen-bond donors (Lipinski definition) is 3. The van der Waals surface area contributed by atoms with E-state index in [0.29, 0.717) is 11.3 Å². The van der Waals surface area contributed by atoms with Gasteiger partial charge in [0, 0.05) is 29.8 Å². The number of aliphatic hydroxyl groups is 1. The minimum atomic E-state index is -1.01. The molecule has 3 aromatic rings. The maximum absolute atomic E-state index is 12.9. The van der Waals surface area contributed by atoms with Crippen molar-refractivity contribution in [2.75, 3.05) is 11.9 Å². The van der Waals surface area contributed by atoms with Crippen molar-refractivity contribution in [3.8, 4) is 28.8 Å². The van der Waals surface area contributed by atoms with Gasteiger partial charge < -0.3 is 19.8 Å². The summed E-state index contributed by atoms with van der Waals surface area (Å²) in [4.78, 5) is 23.9. The van der Waals surface area contributed by atoms with Crippen LogP contribution in [0.1, 0.15) is 11.1 Å². The van der Waals surface area contributed by atoms with Crippen LogP contribution in [0.4, 0.5) is 11.6 Å². The van der Waals surface area contributed by atoms with Crippen LogP contribution in [0.3, 0.4) is 0 Å². The largest absolute Gasteiger partial charge is 0.506 e. The summed E-state index contributed by atoms with van der Waals surface area (Å²) in [5.41, 5.74) is -0.379. The number of carbonyl (C=O) groups excluding carboxylic acids is 1. The van der Waals surface area contributed by atoms with E-state index in [1.807, 2.05) is 6.07 Å². The highest BCUT2D eigenvalue weighted by molar-refractivity contribution is 6.12. The summed E-state index contributed by atoms with van der Waals surface area (Å²) in [5, 5.41) is 54.3. The number of nitro groups is 1. The van der Waals surface area contributed by atoms with Crippen LogP contribution in [0.15, 0.2) is 52.6 Å². The maximum Gasteiger partial charge on any atom is 0.315 e. The lowest BCUT2D eigenvalue weighted by Gasteiger charge is -2.14. The van der Waals surface area contributed by atoms with Gasteiger partial charge in [-0.05, 0) is 13.0 Å². The lowest BCUT2D eigenvalue weighted by molar-refractivity contribution is -0.386. The molecule has 2 aromatic carbocycles. The third-order valence-corrected chi connectivity index (χ3v) is 4.66. The number of likely N-dealkylation sites (N-methyl/N-ethyl adjacent to an activating group) is 1. The van der Waals surface area contributed by atoms with E-state index in [4.69, 9.17) is 4.52 Å². The lowest BCUT2D eigenvalue weighted by Crippen LogP contribution is -2.28. The van der Waals surface area contributed by atoms with Crippen LogP contribution in [0.25, 0.3) is 17.0 Å². The number of aromatic nitrogens is 1. The van der Waals surface area contributed by atoms with Gasteiger partial charge in [-0.2, -0.15) is 5.26 Å². The maximum atomic E-state index is 12.9. The molecule has 3 N–H and O–H groups in total. The zero-order valence-electron chi connectivity index (χ0n) is 16.8. The third-order valence-electron chi connectivity index (χ3n) is 4.66. The first-order valence-electron chi connectivity index (χ1n) is 9.01. The summed E-state index contributed by atoms with van der Waals surface area (Å²) >= 11 is 0. The summed E-state index contributed by atoms with van der Waals surface area (Å²) in [6.45, 7) is 1.66. The molecular formula is C21H16N4O7. The minimum absolute atomic E-state index is 0.0222. The van der Waals surface area contributed by atoms with Gasteiger partial charge in [0.15, 0.2) is 11.3 Å². The molecule has 0 aliphatic rings. The molecular weight excluding hydrogens is 420 g/mol. The Morgan fingerprint density at radius 1 is 1.25 bits per heavy atom. The van der Waals surface area contributed by atoms with E-state index in [0.717, 1.165) is 22.6 Å². The molecule has 11 nitrogen and oxygen atoms in total. The number of nitrogens with zero attached hydrogens (tertiary/aromatic N) is 4. The standard InChI is InChI=1S/C21H16N4O7/c1-11-17(12-6-4-3-5-7-12)23-32-21(11)24(2)20(29)14(10-22)18(27)13-8-15(25(30)31)19(28)16(26)9-13/h3-9,26-28H,1-2H3/b18-14-. The fraction of sp³-hybridized carbons (Fsp3) is 0.0952. The molecule has 0 atom stereocenters. The van der Waals surface area contributed by atoms with Crippen molar-refractivity contribution in [2.45, 2.75) is 6.92 Å². The number of benzene rings is 2. The van der Waals surface area contributed by atoms with Gasteiger partial charge in [0.2, 0.25) is 11.6 Å². The molecule has 0 saturated heterocycles. The summed E-state index contributed by atoms with van der Waals surface area (Å²) in [6, 6.07) is 12.1. The van der Waals surface area contributed by atoms with E-state index in [1.165, 1.54) is 7.05 Å². The number of aromatic hydroxyl groups is 2. The Morgan fingerprint density at radius 3 is 2.50 bits per heavy atom. The van der Waals surface area contributed by atoms with Crippen molar-refractivity contribution in [3.63, 3.8) is 0 Å². The van der Waals surface area contributed by atoms with E-state index in [-0.39, 0.29) is 5.88 Å². The highest BCUT2D eigenvalue weighted by atomic mass is 16.6. The number of phenolic OH excluding ortho intramolecular Hbond substituents is 2. The Morgan fingerprint density at radius 2 is 1.91 bits per heavy atom. The molecule has 0 aliphatic carbocycles. The smallest absolute Gasteiger partial charge is 0.315 e. The minimum Gasteiger partial charge on any atom is -0.506 e. The average Bonchev–Trinajstić information content (AvgIpc) is 3.16. The highest BCUT2D eigenvalue weighted by Gasteiger charge is 2.28. The van der Waals surface area contributed by atoms with Crippen molar-refractivity contribution < 1.29 is 29.6 Å². The van der Waals surface area contributed by atoms with E-state index in [9.17, 15) is 35.5 Å². The summed E-state index contributed by atoms with van der Waals surface area (Å²) in [5.74, 6) is -3.81. The van der Waals surface area contributed by atoms with Crippen LogP contribution in [0, 0.1) is 28.4 Å². The third kappa shape index (κ3) is 3.80. The predicted molar refractivity (Wildman–Crippen MR) is 112 cm³/mol. The van der Waals surface area contributed by atoms with E-state index < -0.39 is 44.9 Å². The summed E-state index contributed by atoms with van der Waals surface area (Å²) < 4.78 is 5.28. The van der Waals surface area contributed by atoms with Gasteiger partial charge in [0.25, 0.3) is 5.91 Å². The number of nitro benzene ring substituents is 1. The monoisotopic (exact) mass is 436 g/mol. The molecule has 3 rings (SSSR count). The van der Waals surface area contributed by atoms with Crippen LogP contribution >= 0.6 is 0 Å². The molecule has 0 radical (unpaired) electrons. The molecule has 0 unspecified atom stereocenters. The van der Waals surface area contributed by atoms with Crippen LogP contribution in [-0.4, -0.2) is 38.4 Å². The molecule has 0 fully saturated rings. The second-order valence-electron chi connectivity index (χ2n) is 6.65. The second kappa shape index (κ2) is 8.49. The van der Waals surface area contributed by atoms with Gasteiger partial charge in [0.05, 0.1) is 4.92 Å². The van der Waals surface area contributed by atoms with Crippen LogP contribution in [0.5, 0.6) is 11.5 Å². The van der Waals surface area contributed by atoms with E-state index in [2.05, 4.69) is 5.16 Å². The van der Waals surface area contributed by atoms with Crippen LogP contribution in [-0.2, 0) is 4.79 Å². The zero-order valence-corrected chi connectivity index (χ0v) is 16.8. The molecule has 11 heteroatoms. The number of phenols is 2. The van der Waals surface area contributed by atoms with Gasteiger partial charge in [-0.25, -0.2) is 0 Å². The zero-order chi connectivity index (χ0) is 23.6. The van der Waals surface area contributed by atoms with E-state index in [1.54, 1.807) is 37.3 Å². The van der Waals surface area contributed by atoms with Gasteiger partial charge in [-0.3, -0.25) is 19.8 Å². The SMILES string of the molecule is Cc1c(-c2ccccc2)noc1N(C)C(=O)/C(C#N)=C(\O)c1cc(O)c(O)c([N+](=O)[O-])c1. The Kier molecular flexibility index (Phi) is 5.79. The first-order chi connectivity index (χ1) is 15.2. The lowest BCUT2D eigenvalue weighted by atomic mass is 10.1. The Hall–Kier alpha value is -4.85. The van der Waals surface area contributed by atoms with Crippen LogP contribution in [0.2, 0.25) is 0 Å². The number of rotatable bonds is 5. The molecule has 162 valence electrons. The molecule has 1 aromatic heterocycles. The van der Waals surface area contributed by atoms with Crippen LogP contribution < -0.4 is 4.90 Å². The second-order valence-corrected chi connectivity index (χ2v) is 6.65. The molecule has 32 heavy (non-hydrogen) atoms. The topological polar surface area (TPSA) is 174 Å². The number of hydrogen-bond acceptors (Lipinski definition) is 9. The van der Waals surface area contributed by atoms with Crippen molar-refractivity contribution in [1.82, 2.24) is 5.16 Å². The molecule has 0 spiro atoms. The molecule has 1 heterocycles. The number of nitriles is 1. The predicted octanol–water partition coefficient (Wildman–Crippen LogP) is 3.43. The van der Waals surface area contributed by atoms with Gasteiger partial charge in [0.1, 0.15) is 17.5 Å².